The molecule has 9 heteroatoms. The molecule has 0 aliphatic heterocycles. The van der Waals surface area contributed by atoms with Crippen LogP contribution in [0.4, 0.5) is 22.0 Å². The van der Waals surface area contributed by atoms with Crippen molar-refractivity contribution in [1.82, 2.24) is 4.98 Å². The Morgan fingerprint density at radius 2 is 2.00 bits per heavy atom. The molecule has 1 aromatic rings. The first kappa shape index (κ1) is 13.0. The van der Waals surface area contributed by atoms with E-state index in [0.717, 1.165) is 0 Å². The number of rotatable bonds is 2. The molecule has 92 valence electrons. The Balaban J connectivity index is 3.31. The van der Waals surface area contributed by atoms with Crippen molar-refractivity contribution in [2.24, 2.45) is 0 Å². The summed E-state index contributed by atoms with van der Waals surface area (Å²) in [6.45, 7) is 0. The molecule has 0 saturated heterocycles. The number of aromatic nitrogens is 1. The van der Waals surface area contributed by atoms with Crippen molar-refractivity contribution in [2.75, 3.05) is 0 Å². The summed E-state index contributed by atoms with van der Waals surface area (Å²) >= 11 is 0. The third kappa shape index (κ3) is 3.17. The number of nitrogens with zero attached hydrogens (tertiary/aromatic N) is 1. The SMILES string of the molecule is N#Cc1[nH]c(=O)c(OC(F)(F)F)cc1C(F)F. The van der Waals surface area contributed by atoms with Gasteiger partial charge in [0.2, 0.25) is 0 Å². The van der Waals surface area contributed by atoms with Crippen molar-refractivity contribution in [3.63, 3.8) is 0 Å². The minimum absolute atomic E-state index is 0.190. The smallest absolute Gasteiger partial charge is 0.400 e. The molecule has 0 aromatic carbocycles. The fraction of sp³-hybridized carbons (Fsp3) is 0.250. The lowest BCUT2D eigenvalue weighted by Crippen LogP contribution is -2.23. The molecule has 0 spiro atoms. The molecular weight excluding hydrogens is 251 g/mol. The summed E-state index contributed by atoms with van der Waals surface area (Å²) < 4.78 is 63.4. The van der Waals surface area contributed by atoms with Crippen LogP contribution in [0.3, 0.4) is 0 Å². The first-order valence-corrected chi connectivity index (χ1v) is 3.96. The molecule has 0 aliphatic rings. The monoisotopic (exact) mass is 254 g/mol. The van der Waals surface area contributed by atoms with E-state index in [1.807, 2.05) is 0 Å². The van der Waals surface area contributed by atoms with Crippen LogP contribution in [-0.4, -0.2) is 11.3 Å². The van der Waals surface area contributed by atoms with Gasteiger partial charge in [0.1, 0.15) is 11.8 Å². The van der Waals surface area contributed by atoms with Crippen LogP contribution in [-0.2, 0) is 0 Å². The highest BCUT2D eigenvalue weighted by atomic mass is 19.4. The lowest BCUT2D eigenvalue weighted by atomic mass is 10.2. The molecule has 0 atom stereocenters. The van der Waals surface area contributed by atoms with Crippen molar-refractivity contribution in [1.29, 1.82) is 5.26 Å². The summed E-state index contributed by atoms with van der Waals surface area (Å²) in [4.78, 5) is 12.6. The van der Waals surface area contributed by atoms with E-state index in [4.69, 9.17) is 5.26 Å². The van der Waals surface area contributed by atoms with Crippen molar-refractivity contribution >= 4 is 0 Å². The third-order valence-corrected chi connectivity index (χ3v) is 1.61. The number of aromatic amines is 1. The van der Waals surface area contributed by atoms with Crippen LogP contribution < -0.4 is 10.3 Å². The van der Waals surface area contributed by atoms with Gasteiger partial charge in [-0.3, -0.25) is 4.79 Å². The van der Waals surface area contributed by atoms with Gasteiger partial charge in [-0.2, -0.15) is 5.26 Å². The van der Waals surface area contributed by atoms with Gasteiger partial charge < -0.3 is 9.72 Å². The lowest BCUT2D eigenvalue weighted by molar-refractivity contribution is -0.275. The van der Waals surface area contributed by atoms with Gasteiger partial charge in [-0.15, -0.1) is 13.2 Å². The molecule has 0 amide bonds. The zero-order chi connectivity index (χ0) is 13.2. The molecule has 4 nitrogen and oxygen atoms in total. The number of nitrogens with one attached hydrogen (secondary N) is 1. The average molecular weight is 254 g/mol. The van der Waals surface area contributed by atoms with Gasteiger partial charge in [0.25, 0.3) is 12.0 Å². The number of nitriles is 1. The van der Waals surface area contributed by atoms with Gasteiger partial charge in [-0.05, 0) is 6.07 Å². The summed E-state index contributed by atoms with van der Waals surface area (Å²) in [6.07, 6.45) is -8.39. The summed E-state index contributed by atoms with van der Waals surface area (Å²) in [5, 5.41) is 8.40. The zero-order valence-corrected chi connectivity index (χ0v) is 7.81. The fourth-order valence-electron chi connectivity index (χ4n) is 0.991. The number of hydrogen-bond acceptors (Lipinski definition) is 3. The quantitative estimate of drug-likeness (QED) is 0.821. The summed E-state index contributed by atoms with van der Waals surface area (Å²) in [5.41, 5.74) is -3.26. The Morgan fingerprint density at radius 1 is 1.41 bits per heavy atom. The van der Waals surface area contributed by atoms with Crippen LogP contribution in [0.15, 0.2) is 10.9 Å². The number of H-pyrrole nitrogens is 1. The molecule has 0 unspecified atom stereocenters. The van der Waals surface area contributed by atoms with Crippen molar-refractivity contribution in [2.45, 2.75) is 12.8 Å². The maximum Gasteiger partial charge on any atom is 0.573 e. The van der Waals surface area contributed by atoms with E-state index in [1.54, 1.807) is 4.98 Å². The topological polar surface area (TPSA) is 65.9 Å². The molecule has 17 heavy (non-hydrogen) atoms. The largest absolute Gasteiger partial charge is 0.573 e. The van der Waals surface area contributed by atoms with Crippen molar-refractivity contribution < 1.29 is 26.7 Å². The highest BCUT2D eigenvalue weighted by molar-refractivity contribution is 5.37. The van der Waals surface area contributed by atoms with E-state index in [-0.39, 0.29) is 6.07 Å². The molecule has 0 bridgehead atoms. The third-order valence-electron chi connectivity index (χ3n) is 1.61. The standard InChI is InChI=1S/C8H3F5N2O2/c9-6(10)3-1-5(17-8(11,12)13)7(16)15-4(3)2-14/h1,6H,(H,15,16). The first-order chi connectivity index (χ1) is 7.74. The number of ether oxygens (including phenoxy) is 1. The minimum Gasteiger partial charge on any atom is -0.400 e. The van der Waals surface area contributed by atoms with Gasteiger partial charge in [-0.25, -0.2) is 8.78 Å². The van der Waals surface area contributed by atoms with Gasteiger partial charge >= 0.3 is 6.36 Å². The second-order valence-electron chi connectivity index (χ2n) is 2.75. The highest BCUT2D eigenvalue weighted by Gasteiger charge is 2.33. The first-order valence-electron chi connectivity index (χ1n) is 3.96. The van der Waals surface area contributed by atoms with Crippen LogP contribution in [0.1, 0.15) is 17.7 Å². The number of alkyl halides is 5. The van der Waals surface area contributed by atoms with E-state index in [9.17, 15) is 26.7 Å². The minimum atomic E-state index is -5.18. The maximum atomic E-state index is 12.3. The van der Waals surface area contributed by atoms with Crippen LogP contribution >= 0.6 is 0 Å². The van der Waals surface area contributed by atoms with E-state index in [0.29, 0.717) is 0 Å². The molecule has 1 rings (SSSR count). The van der Waals surface area contributed by atoms with Crippen molar-refractivity contribution in [3.8, 4) is 11.8 Å². The molecule has 0 radical (unpaired) electrons. The Hall–Kier alpha value is -2.11. The Bertz CT molecular complexity index is 514. The molecule has 1 aromatic heterocycles. The van der Waals surface area contributed by atoms with Crippen LogP contribution in [0, 0.1) is 11.3 Å². The normalized spacial score (nSPS) is 11.4. The zero-order valence-electron chi connectivity index (χ0n) is 7.81. The van der Waals surface area contributed by atoms with E-state index in [1.165, 1.54) is 6.07 Å². The summed E-state index contributed by atoms with van der Waals surface area (Å²) in [6, 6.07) is 1.43. The lowest BCUT2D eigenvalue weighted by Gasteiger charge is -2.09. The second kappa shape index (κ2) is 4.40. The van der Waals surface area contributed by atoms with E-state index < -0.39 is 35.4 Å². The highest BCUT2D eigenvalue weighted by Crippen LogP contribution is 2.26. The number of pyridine rings is 1. The van der Waals surface area contributed by atoms with Crippen molar-refractivity contribution in [3.05, 3.63) is 27.7 Å². The van der Waals surface area contributed by atoms with Crippen LogP contribution in [0.5, 0.6) is 5.75 Å². The predicted octanol–water partition coefficient (Wildman–Crippen LogP) is 2.08. The van der Waals surface area contributed by atoms with Gasteiger partial charge in [0, 0.05) is 0 Å². The Morgan fingerprint density at radius 3 is 2.41 bits per heavy atom. The molecule has 0 fully saturated rings. The maximum absolute atomic E-state index is 12.3. The van der Waals surface area contributed by atoms with E-state index >= 15 is 0 Å². The van der Waals surface area contributed by atoms with Gasteiger partial charge in [-0.1, -0.05) is 0 Å². The molecule has 1 heterocycles. The van der Waals surface area contributed by atoms with Gasteiger partial charge in [0.05, 0.1) is 5.56 Å². The van der Waals surface area contributed by atoms with Crippen LogP contribution in [0.2, 0.25) is 0 Å². The Labute approximate surface area is 90.2 Å². The Kier molecular flexibility index (Phi) is 3.36. The number of halogens is 5. The fourth-order valence-corrected chi connectivity index (χ4v) is 0.991. The van der Waals surface area contributed by atoms with Gasteiger partial charge in [0.15, 0.2) is 5.75 Å². The van der Waals surface area contributed by atoms with Crippen LogP contribution in [0.25, 0.3) is 0 Å². The number of hydrogen-bond donors (Lipinski definition) is 1. The second-order valence-corrected chi connectivity index (χ2v) is 2.75. The molecule has 0 saturated carbocycles. The predicted molar refractivity (Wildman–Crippen MR) is 43.4 cm³/mol. The average Bonchev–Trinajstić information content (AvgIpc) is 2.18. The van der Waals surface area contributed by atoms with E-state index in [2.05, 4.69) is 4.74 Å². The molecular formula is C8H3F5N2O2. The molecule has 1 N–H and O–H groups in total. The molecule has 0 aliphatic carbocycles. The summed E-state index contributed by atoms with van der Waals surface area (Å²) in [7, 11) is 0. The summed E-state index contributed by atoms with van der Waals surface area (Å²) in [5.74, 6) is -1.34.